The molecular formula is C10H9N3O4. The van der Waals surface area contributed by atoms with Crippen molar-refractivity contribution in [2.45, 2.75) is 19.1 Å². The largest absolute Gasteiger partial charge is 0.315 e. The van der Waals surface area contributed by atoms with Crippen LogP contribution >= 0.6 is 0 Å². The van der Waals surface area contributed by atoms with Gasteiger partial charge in [0, 0.05) is 11.6 Å². The Morgan fingerprint density at radius 1 is 1.53 bits per heavy atom. The summed E-state index contributed by atoms with van der Waals surface area (Å²) < 4.78 is 10.8. The second-order valence-corrected chi connectivity index (χ2v) is 3.88. The molecular weight excluding hydrogens is 226 g/mol. The summed E-state index contributed by atoms with van der Waals surface area (Å²) in [4.78, 5) is 10.5. The molecule has 17 heavy (non-hydrogen) atoms. The third-order valence-corrected chi connectivity index (χ3v) is 2.79. The van der Waals surface area contributed by atoms with Crippen LogP contribution in [0.5, 0.6) is 0 Å². The number of ether oxygens (including phenoxy) is 2. The van der Waals surface area contributed by atoms with Gasteiger partial charge in [0.1, 0.15) is 11.4 Å². The number of rotatable bonds is 1. The van der Waals surface area contributed by atoms with Gasteiger partial charge in [-0.15, -0.1) is 0 Å². The van der Waals surface area contributed by atoms with Gasteiger partial charge in [-0.25, -0.2) is 0 Å². The van der Waals surface area contributed by atoms with Gasteiger partial charge in [0.25, 0.3) is 11.6 Å². The Balaban J connectivity index is 2.20. The van der Waals surface area contributed by atoms with Crippen LogP contribution in [0.15, 0.2) is 18.2 Å². The zero-order valence-corrected chi connectivity index (χ0v) is 8.89. The van der Waals surface area contributed by atoms with Gasteiger partial charge in [0.05, 0.1) is 4.92 Å². The molecule has 0 unspecified atom stereocenters. The molecule has 7 heteroatoms. The normalized spacial score (nSPS) is 29.7. The molecule has 7 nitrogen and oxygen atoms in total. The predicted octanol–water partition coefficient (Wildman–Crippen LogP) is 1.03. The lowest BCUT2D eigenvalue weighted by Gasteiger charge is -2.43. The van der Waals surface area contributed by atoms with E-state index in [4.69, 9.17) is 14.9 Å². The summed E-state index contributed by atoms with van der Waals surface area (Å²) in [6.45, 7) is 1.68. The summed E-state index contributed by atoms with van der Waals surface area (Å²) in [5.74, 6) is -1.29. The van der Waals surface area contributed by atoms with Crippen LogP contribution in [-0.2, 0) is 15.4 Å². The topological polar surface area (TPSA) is 97.5 Å². The Kier molecular flexibility index (Phi) is 1.81. The van der Waals surface area contributed by atoms with E-state index in [1.165, 1.54) is 12.1 Å². The van der Waals surface area contributed by atoms with Crippen molar-refractivity contribution in [3.8, 4) is 0 Å². The second kappa shape index (κ2) is 3.02. The van der Waals surface area contributed by atoms with E-state index in [9.17, 15) is 10.1 Å². The van der Waals surface area contributed by atoms with E-state index in [-0.39, 0.29) is 17.1 Å². The molecule has 88 valence electrons. The van der Waals surface area contributed by atoms with Crippen molar-refractivity contribution in [2.24, 2.45) is 0 Å². The number of nitro groups is 1. The number of nitro benzene ring substituents is 1. The first-order valence-corrected chi connectivity index (χ1v) is 5.04. The number of fused-ring (bicyclic) bond motifs is 2. The van der Waals surface area contributed by atoms with Gasteiger partial charge in [-0.1, -0.05) is 12.1 Å². The lowest BCUT2D eigenvalue weighted by atomic mass is 10.0. The van der Waals surface area contributed by atoms with Crippen molar-refractivity contribution in [2.75, 3.05) is 0 Å². The van der Waals surface area contributed by atoms with E-state index in [0.717, 1.165) is 0 Å². The van der Waals surface area contributed by atoms with Crippen molar-refractivity contribution in [1.29, 1.82) is 5.41 Å². The predicted molar refractivity (Wildman–Crippen MR) is 56.4 cm³/mol. The average Bonchev–Trinajstić information content (AvgIpc) is 2.52. The fourth-order valence-electron chi connectivity index (χ4n) is 2.19. The highest BCUT2D eigenvalue weighted by atomic mass is 16.9. The number of benzene rings is 1. The molecule has 1 aromatic rings. The van der Waals surface area contributed by atoms with Crippen LogP contribution < -0.4 is 5.32 Å². The molecule has 2 N–H and O–H groups in total. The maximum absolute atomic E-state index is 11.0. The van der Waals surface area contributed by atoms with Crippen molar-refractivity contribution < 1.29 is 14.4 Å². The molecule has 0 radical (unpaired) electrons. The first kappa shape index (κ1) is 10.2. The minimum absolute atomic E-state index is 0.0654. The molecule has 0 atom stereocenters. The van der Waals surface area contributed by atoms with Gasteiger partial charge in [0.15, 0.2) is 6.29 Å². The number of nitrogens with zero attached hydrogens (tertiary/aromatic N) is 1. The molecule has 0 aromatic heterocycles. The lowest BCUT2D eigenvalue weighted by Crippen LogP contribution is -2.57. The van der Waals surface area contributed by atoms with E-state index < -0.39 is 17.1 Å². The van der Waals surface area contributed by atoms with Crippen LogP contribution in [-0.4, -0.2) is 17.0 Å². The maximum atomic E-state index is 11.0. The Bertz CT molecular complexity index is 536. The van der Waals surface area contributed by atoms with Crippen LogP contribution in [0.2, 0.25) is 0 Å². The van der Waals surface area contributed by atoms with Crippen LogP contribution in [0.3, 0.4) is 0 Å². The highest BCUT2D eigenvalue weighted by molar-refractivity contribution is 6.02. The Hall–Kier alpha value is -1.99. The summed E-state index contributed by atoms with van der Waals surface area (Å²) in [6, 6.07) is 4.53. The molecule has 0 bridgehead atoms. The first-order valence-electron chi connectivity index (χ1n) is 5.04. The van der Waals surface area contributed by atoms with Crippen molar-refractivity contribution >= 4 is 11.5 Å². The fraction of sp³-hybridized carbons (Fsp3) is 0.300. The molecule has 0 amide bonds. The summed E-state index contributed by atoms with van der Waals surface area (Å²) in [6.07, 6.45) is -0.443. The van der Waals surface area contributed by atoms with Crippen molar-refractivity contribution in [3.63, 3.8) is 0 Å². The maximum Gasteiger partial charge on any atom is 0.290 e. The number of hydrogen-bond acceptors (Lipinski definition) is 5. The third kappa shape index (κ3) is 1.20. The molecule has 1 aromatic carbocycles. The number of hydrogen-bond donors (Lipinski definition) is 2. The van der Waals surface area contributed by atoms with E-state index in [1.54, 1.807) is 13.0 Å². The van der Waals surface area contributed by atoms with Gasteiger partial charge in [-0.2, -0.15) is 0 Å². The molecule has 1 saturated heterocycles. The monoisotopic (exact) mass is 235 g/mol. The van der Waals surface area contributed by atoms with E-state index >= 15 is 0 Å². The second-order valence-electron chi connectivity index (χ2n) is 3.88. The van der Waals surface area contributed by atoms with E-state index in [1.807, 2.05) is 0 Å². The quantitative estimate of drug-likeness (QED) is 0.559. The molecule has 1 spiro atoms. The van der Waals surface area contributed by atoms with Crippen LogP contribution in [0.1, 0.15) is 18.1 Å². The van der Waals surface area contributed by atoms with Crippen molar-refractivity contribution in [1.82, 2.24) is 5.32 Å². The Labute approximate surface area is 96.0 Å². The summed E-state index contributed by atoms with van der Waals surface area (Å²) >= 11 is 0. The minimum atomic E-state index is -1.35. The molecule has 0 aliphatic carbocycles. The van der Waals surface area contributed by atoms with Gasteiger partial charge in [-0.3, -0.25) is 25.0 Å². The Morgan fingerprint density at radius 2 is 2.24 bits per heavy atom. The van der Waals surface area contributed by atoms with Gasteiger partial charge in [-0.05, 0) is 6.92 Å². The SMILES string of the molecule is CC1OC2(NC(=N)c3cccc([N+](=O)[O-])c32)O1. The van der Waals surface area contributed by atoms with E-state index in [0.29, 0.717) is 5.56 Å². The first-order chi connectivity index (χ1) is 8.03. The zero-order valence-electron chi connectivity index (χ0n) is 8.89. The number of amidine groups is 1. The van der Waals surface area contributed by atoms with Gasteiger partial charge in [0.2, 0.25) is 0 Å². The van der Waals surface area contributed by atoms with Crippen LogP contribution in [0.25, 0.3) is 0 Å². The molecule has 2 aliphatic rings. The summed E-state index contributed by atoms with van der Waals surface area (Å²) in [7, 11) is 0. The standard InChI is InChI=1S/C10H9N3O4/c1-5-16-10(17-5)8-6(9(11)12-10)3-2-4-7(8)13(14)15/h2-5H,1H3,(H2,11,12). The average molecular weight is 235 g/mol. The molecule has 3 rings (SSSR count). The highest BCUT2D eigenvalue weighted by Crippen LogP contribution is 2.45. The fourth-order valence-corrected chi connectivity index (χ4v) is 2.19. The molecule has 2 aliphatic heterocycles. The molecule has 0 saturated carbocycles. The third-order valence-electron chi connectivity index (χ3n) is 2.79. The molecule has 1 fully saturated rings. The van der Waals surface area contributed by atoms with Gasteiger partial charge < -0.3 is 5.32 Å². The lowest BCUT2D eigenvalue weighted by molar-refractivity contribution is -0.466. The minimum Gasteiger partial charge on any atom is -0.315 e. The number of nitrogens with one attached hydrogen (secondary N) is 2. The Morgan fingerprint density at radius 3 is 2.82 bits per heavy atom. The van der Waals surface area contributed by atoms with Gasteiger partial charge >= 0.3 is 0 Å². The molecule has 2 heterocycles. The van der Waals surface area contributed by atoms with Crippen LogP contribution in [0.4, 0.5) is 5.69 Å². The summed E-state index contributed by atoms with van der Waals surface area (Å²) in [5.41, 5.74) is 0.600. The van der Waals surface area contributed by atoms with Crippen molar-refractivity contribution in [3.05, 3.63) is 39.4 Å². The highest BCUT2D eigenvalue weighted by Gasteiger charge is 2.56. The van der Waals surface area contributed by atoms with Crippen LogP contribution in [0, 0.1) is 15.5 Å². The smallest absolute Gasteiger partial charge is 0.290 e. The van der Waals surface area contributed by atoms with E-state index in [2.05, 4.69) is 5.32 Å². The summed E-state index contributed by atoms with van der Waals surface area (Å²) in [5, 5.41) is 21.4. The zero-order chi connectivity index (χ0) is 12.2.